The largest absolute Gasteiger partial charge is 0.346 e. The van der Waals surface area contributed by atoms with Crippen molar-refractivity contribution in [1.82, 2.24) is 14.9 Å². The molecule has 3 aromatic rings. The third-order valence-electron chi connectivity index (χ3n) is 5.17. The van der Waals surface area contributed by atoms with Crippen molar-refractivity contribution in [3.05, 3.63) is 63.9 Å². The molecule has 28 heavy (non-hydrogen) atoms. The van der Waals surface area contributed by atoms with Crippen LogP contribution in [0.4, 0.5) is 0 Å². The van der Waals surface area contributed by atoms with Gasteiger partial charge in [0.2, 0.25) is 5.91 Å². The molecule has 1 N–H and O–H groups in total. The number of fused-ring (bicyclic) bond motifs is 1. The van der Waals surface area contributed by atoms with Gasteiger partial charge in [-0.2, -0.15) is 0 Å². The van der Waals surface area contributed by atoms with Gasteiger partial charge in [-0.1, -0.05) is 22.0 Å². The number of nitrogens with one attached hydrogen (secondary N) is 1. The number of carbonyl (C=O) groups is 1. The fourth-order valence-electron chi connectivity index (χ4n) is 3.50. The van der Waals surface area contributed by atoms with E-state index in [-0.39, 0.29) is 5.91 Å². The molecule has 4 nitrogen and oxygen atoms in total. The van der Waals surface area contributed by atoms with Crippen molar-refractivity contribution >= 4 is 50.2 Å². The summed E-state index contributed by atoms with van der Waals surface area (Å²) in [5.74, 6) is 0.670. The van der Waals surface area contributed by atoms with Crippen LogP contribution in [0.5, 0.6) is 0 Å². The first-order chi connectivity index (χ1) is 13.5. The maximum absolute atomic E-state index is 12.7. The summed E-state index contributed by atoms with van der Waals surface area (Å²) < 4.78 is 1.11. The summed E-state index contributed by atoms with van der Waals surface area (Å²) in [5.41, 5.74) is 5.79. The fourth-order valence-corrected chi connectivity index (χ4v) is 4.97. The number of aromatic nitrogens is 2. The van der Waals surface area contributed by atoms with Gasteiger partial charge in [-0.25, -0.2) is 4.98 Å². The second-order valence-corrected chi connectivity index (χ2v) is 8.95. The van der Waals surface area contributed by atoms with E-state index in [1.165, 1.54) is 27.2 Å². The Hall–Kier alpha value is -2.05. The lowest BCUT2D eigenvalue weighted by Crippen LogP contribution is -2.35. The molecule has 0 spiro atoms. The molecular formula is C22H22BrN3OS. The fraction of sp³-hybridized carbons (Fsp3) is 0.273. The number of rotatable bonds is 4. The van der Waals surface area contributed by atoms with Gasteiger partial charge in [0.15, 0.2) is 0 Å². The van der Waals surface area contributed by atoms with Crippen LogP contribution < -0.4 is 0 Å². The van der Waals surface area contributed by atoms with Crippen molar-refractivity contribution in [1.29, 1.82) is 0 Å². The molecule has 0 atom stereocenters. The van der Waals surface area contributed by atoms with E-state index in [2.05, 4.69) is 64.0 Å². The molecule has 3 heterocycles. The van der Waals surface area contributed by atoms with Crippen LogP contribution in [0.15, 0.2) is 52.1 Å². The van der Waals surface area contributed by atoms with Crippen LogP contribution in [0.1, 0.15) is 23.1 Å². The molecule has 0 radical (unpaired) electrons. The minimum Gasteiger partial charge on any atom is -0.346 e. The highest BCUT2D eigenvalue weighted by Crippen LogP contribution is 2.30. The van der Waals surface area contributed by atoms with Crippen LogP contribution >= 0.6 is 27.7 Å². The van der Waals surface area contributed by atoms with Crippen LogP contribution in [-0.2, 0) is 4.79 Å². The highest BCUT2D eigenvalue weighted by molar-refractivity contribution is 9.10. The number of aryl methyl sites for hydroxylation is 2. The Balaban J connectivity index is 1.40. The molecule has 0 fully saturated rings. The summed E-state index contributed by atoms with van der Waals surface area (Å²) in [6, 6.07) is 8.32. The molecule has 0 aliphatic carbocycles. The molecule has 0 saturated heterocycles. The molecule has 6 heteroatoms. The first-order valence-electron chi connectivity index (χ1n) is 9.32. The molecular weight excluding hydrogens is 434 g/mol. The predicted molar refractivity (Wildman–Crippen MR) is 120 cm³/mol. The maximum atomic E-state index is 12.7. The lowest BCUT2D eigenvalue weighted by molar-refractivity contribution is -0.127. The second-order valence-electron chi connectivity index (χ2n) is 7.08. The topological polar surface area (TPSA) is 49.0 Å². The number of nitrogens with zero attached hydrogens (tertiary/aromatic N) is 2. The van der Waals surface area contributed by atoms with Gasteiger partial charge in [-0.15, -0.1) is 11.8 Å². The average molecular weight is 456 g/mol. The van der Waals surface area contributed by atoms with E-state index in [9.17, 15) is 4.79 Å². The zero-order chi connectivity index (χ0) is 19.7. The molecule has 1 aliphatic heterocycles. The Morgan fingerprint density at radius 3 is 2.96 bits per heavy atom. The van der Waals surface area contributed by atoms with Crippen molar-refractivity contribution in [2.24, 2.45) is 0 Å². The number of hydrogen-bond acceptors (Lipinski definition) is 3. The Morgan fingerprint density at radius 1 is 1.32 bits per heavy atom. The number of thioether (sulfide) groups is 1. The number of carbonyl (C=O) groups excluding carboxylic acids is 1. The number of H-pyrrole nitrogens is 1. The summed E-state index contributed by atoms with van der Waals surface area (Å²) in [6.45, 7) is 5.59. The van der Waals surface area contributed by atoms with Crippen molar-refractivity contribution in [3.63, 3.8) is 0 Å². The van der Waals surface area contributed by atoms with Gasteiger partial charge >= 0.3 is 0 Å². The summed E-state index contributed by atoms with van der Waals surface area (Å²) in [6.07, 6.45) is 6.87. The highest BCUT2D eigenvalue weighted by atomic mass is 79.9. The van der Waals surface area contributed by atoms with Gasteiger partial charge in [-0.3, -0.25) is 4.79 Å². The lowest BCUT2D eigenvalue weighted by Gasteiger charge is -2.26. The second kappa shape index (κ2) is 8.13. The van der Waals surface area contributed by atoms with E-state index in [1.807, 2.05) is 17.2 Å². The van der Waals surface area contributed by atoms with Crippen LogP contribution in [0, 0.1) is 13.8 Å². The quantitative estimate of drug-likeness (QED) is 0.539. The smallest absolute Gasteiger partial charge is 0.233 e. The van der Waals surface area contributed by atoms with E-state index >= 15 is 0 Å². The van der Waals surface area contributed by atoms with Gasteiger partial charge in [-0.05, 0) is 61.2 Å². The van der Waals surface area contributed by atoms with Gasteiger partial charge in [0.25, 0.3) is 0 Å². The average Bonchev–Trinajstić information content (AvgIpc) is 3.14. The third-order valence-corrected chi connectivity index (χ3v) is 7.16. The minimum absolute atomic E-state index is 0.195. The Kier molecular flexibility index (Phi) is 5.60. The normalized spacial score (nSPS) is 14.4. The molecule has 1 aliphatic rings. The summed E-state index contributed by atoms with van der Waals surface area (Å²) >= 11 is 5.19. The van der Waals surface area contributed by atoms with E-state index in [1.54, 1.807) is 18.0 Å². The SMILES string of the molecule is Cc1cc(SCC(=O)N2CC=C(c3c[nH]c4ncccc34)CC2)c(C)cc1Br. The molecule has 4 rings (SSSR count). The molecule has 0 saturated carbocycles. The number of hydrogen-bond donors (Lipinski definition) is 1. The maximum Gasteiger partial charge on any atom is 0.233 e. The van der Waals surface area contributed by atoms with Gasteiger partial charge in [0, 0.05) is 45.8 Å². The summed E-state index contributed by atoms with van der Waals surface area (Å²) in [7, 11) is 0. The standard InChI is InChI=1S/C22H22BrN3OS/c1-14-11-20(15(2)10-19(14)23)28-13-21(27)26-8-5-16(6-9-26)18-12-25-22-17(18)4-3-7-24-22/h3-5,7,10-12H,6,8-9,13H2,1-2H3,(H,24,25). The van der Waals surface area contributed by atoms with Gasteiger partial charge in [0.1, 0.15) is 5.65 Å². The zero-order valence-corrected chi connectivity index (χ0v) is 18.4. The monoisotopic (exact) mass is 455 g/mol. The van der Waals surface area contributed by atoms with Gasteiger partial charge < -0.3 is 9.88 Å². The first-order valence-corrected chi connectivity index (χ1v) is 11.1. The number of pyridine rings is 1. The van der Waals surface area contributed by atoms with Crippen LogP contribution in [-0.4, -0.2) is 39.6 Å². The lowest BCUT2D eigenvalue weighted by atomic mass is 9.99. The number of amides is 1. The molecule has 144 valence electrons. The summed E-state index contributed by atoms with van der Waals surface area (Å²) in [4.78, 5) is 23.4. The third kappa shape index (κ3) is 3.89. The number of aromatic amines is 1. The summed E-state index contributed by atoms with van der Waals surface area (Å²) in [5, 5.41) is 1.14. The Morgan fingerprint density at radius 2 is 2.18 bits per heavy atom. The first kappa shape index (κ1) is 19.3. The van der Waals surface area contributed by atoms with Crippen molar-refractivity contribution in [2.75, 3.05) is 18.8 Å². The van der Waals surface area contributed by atoms with Crippen LogP contribution in [0.25, 0.3) is 16.6 Å². The van der Waals surface area contributed by atoms with E-state index in [4.69, 9.17) is 0 Å². The minimum atomic E-state index is 0.195. The van der Waals surface area contributed by atoms with Crippen LogP contribution in [0.2, 0.25) is 0 Å². The van der Waals surface area contributed by atoms with E-state index in [0.717, 1.165) is 28.5 Å². The molecule has 1 amide bonds. The van der Waals surface area contributed by atoms with Crippen LogP contribution in [0.3, 0.4) is 0 Å². The molecule has 2 aromatic heterocycles. The highest BCUT2D eigenvalue weighted by Gasteiger charge is 2.20. The number of halogens is 1. The van der Waals surface area contributed by atoms with Crippen molar-refractivity contribution in [3.8, 4) is 0 Å². The number of benzene rings is 1. The Labute approximate surface area is 177 Å². The van der Waals surface area contributed by atoms with E-state index in [0.29, 0.717) is 12.3 Å². The van der Waals surface area contributed by atoms with Crippen molar-refractivity contribution in [2.45, 2.75) is 25.2 Å². The van der Waals surface area contributed by atoms with Gasteiger partial charge in [0.05, 0.1) is 5.75 Å². The zero-order valence-electron chi connectivity index (χ0n) is 16.0. The molecule has 1 aromatic carbocycles. The van der Waals surface area contributed by atoms with E-state index < -0.39 is 0 Å². The predicted octanol–water partition coefficient (Wildman–Crippen LogP) is 5.35. The Bertz CT molecular complexity index is 1070. The van der Waals surface area contributed by atoms with Crippen molar-refractivity contribution < 1.29 is 4.79 Å². The molecule has 0 bridgehead atoms. The molecule has 0 unspecified atom stereocenters.